The minimum Gasteiger partial charge on any atom is -0.348 e. The Morgan fingerprint density at radius 1 is 0.686 bits per heavy atom. The van der Waals surface area contributed by atoms with Gasteiger partial charge in [-0.25, -0.2) is 4.39 Å². The highest BCUT2D eigenvalue weighted by Gasteiger charge is 2.10. The minimum absolute atomic E-state index is 0.129. The van der Waals surface area contributed by atoms with Crippen LogP contribution >= 0.6 is 11.3 Å². The van der Waals surface area contributed by atoms with Crippen LogP contribution in [0.5, 0.6) is 0 Å². The molecule has 0 saturated carbocycles. The fourth-order valence-electron chi connectivity index (χ4n) is 3.33. The fraction of sp³-hybridized carbons (Fsp3) is 0.0741. The van der Waals surface area contributed by atoms with Crippen molar-refractivity contribution < 1.29 is 18.8 Å². The van der Waals surface area contributed by atoms with Crippen molar-refractivity contribution in [2.75, 3.05) is 5.32 Å². The van der Waals surface area contributed by atoms with Crippen LogP contribution in [0.2, 0.25) is 0 Å². The third kappa shape index (κ3) is 6.61. The third-order valence-electron chi connectivity index (χ3n) is 5.14. The number of carbonyl (C=O) groups excluding carboxylic acids is 3. The van der Waals surface area contributed by atoms with Crippen molar-refractivity contribution in [1.29, 1.82) is 0 Å². The van der Waals surface area contributed by atoms with Gasteiger partial charge in [-0.05, 0) is 65.0 Å². The van der Waals surface area contributed by atoms with Crippen LogP contribution < -0.4 is 16.0 Å². The van der Waals surface area contributed by atoms with Gasteiger partial charge in [0.25, 0.3) is 17.7 Å². The lowest BCUT2D eigenvalue weighted by Crippen LogP contribution is -2.23. The average molecular weight is 488 g/mol. The Hall–Kier alpha value is -4.30. The number of rotatable bonds is 8. The van der Waals surface area contributed by atoms with E-state index in [1.165, 1.54) is 35.6 Å². The summed E-state index contributed by atoms with van der Waals surface area (Å²) in [5.74, 6) is -1.27. The van der Waals surface area contributed by atoms with Gasteiger partial charge in [-0.2, -0.15) is 0 Å². The van der Waals surface area contributed by atoms with Crippen molar-refractivity contribution in [3.05, 3.63) is 123 Å². The summed E-state index contributed by atoms with van der Waals surface area (Å²) in [7, 11) is 0. The summed E-state index contributed by atoms with van der Waals surface area (Å²) in [6, 6.07) is 23.1. The second-order valence-electron chi connectivity index (χ2n) is 7.70. The van der Waals surface area contributed by atoms with Gasteiger partial charge in [0.05, 0.1) is 4.88 Å². The molecule has 0 unspecified atom stereocenters. The molecular formula is C27H22FN3O3S. The normalized spacial score (nSPS) is 10.4. The zero-order valence-electron chi connectivity index (χ0n) is 18.6. The van der Waals surface area contributed by atoms with Gasteiger partial charge in [0, 0.05) is 29.9 Å². The first-order chi connectivity index (χ1) is 17.0. The number of benzene rings is 3. The van der Waals surface area contributed by atoms with Crippen molar-refractivity contribution in [2.24, 2.45) is 0 Å². The van der Waals surface area contributed by atoms with Crippen LogP contribution in [0.25, 0.3) is 0 Å². The number of amides is 3. The molecule has 0 radical (unpaired) electrons. The smallest absolute Gasteiger partial charge is 0.261 e. The largest absolute Gasteiger partial charge is 0.348 e. The standard InChI is InChI=1S/C27H22FN3O3S/c28-22-6-2-5-21(15-22)26(33)31-23-7-1-4-19(14-23)17-29-25(32)20-11-9-18(10-12-20)16-30-27(34)24-8-3-13-35-24/h1-15H,16-17H2,(H,29,32)(H,30,34)(H,31,33). The molecule has 6 nitrogen and oxygen atoms in total. The maximum atomic E-state index is 13.4. The second-order valence-corrected chi connectivity index (χ2v) is 8.65. The Labute approximate surface area is 205 Å². The van der Waals surface area contributed by atoms with E-state index in [1.807, 2.05) is 17.5 Å². The van der Waals surface area contributed by atoms with E-state index in [-0.39, 0.29) is 23.9 Å². The van der Waals surface area contributed by atoms with Crippen LogP contribution in [0, 0.1) is 5.82 Å². The Kier molecular flexibility index (Phi) is 7.64. The number of halogens is 1. The molecule has 1 heterocycles. The lowest BCUT2D eigenvalue weighted by atomic mass is 10.1. The Bertz CT molecular complexity index is 1340. The molecule has 176 valence electrons. The monoisotopic (exact) mass is 487 g/mol. The molecule has 0 spiro atoms. The number of carbonyl (C=O) groups is 3. The first kappa shape index (κ1) is 23.8. The second kappa shape index (κ2) is 11.2. The van der Waals surface area contributed by atoms with Crippen LogP contribution in [0.15, 0.2) is 90.3 Å². The molecule has 0 aliphatic carbocycles. The highest BCUT2D eigenvalue weighted by atomic mass is 32.1. The molecule has 0 aliphatic rings. The van der Waals surface area contributed by atoms with Crippen LogP contribution in [0.1, 0.15) is 41.5 Å². The van der Waals surface area contributed by atoms with Crippen molar-refractivity contribution >= 4 is 34.7 Å². The van der Waals surface area contributed by atoms with E-state index >= 15 is 0 Å². The van der Waals surface area contributed by atoms with E-state index in [2.05, 4.69) is 16.0 Å². The predicted octanol–water partition coefficient (Wildman–Crippen LogP) is 5.00. The van der Waals surface area contributed by atoms with E-state index in [9.17, 15) is 18.8 Å². The van der Waals surface area contributed by atoms with Gasteiger partial charge in [0.15, 0.2) is 0 Å². The summed E-state index contributed by atoms with van der Waals surface area (Å²) >= 11 is 1.38. The lowest BCUT2D eigenvalue weighted by molar-refractivity contribution is 0.0943. The van der Waals surface area contributed by atoms with Crippen molar-refractivity contribution in [2.45, 2.75) is 13.1 Å². The lowest BCUT2D eigenvalue weighted by Gasteiger charge is -2.10. The van der Waals surface area contributed by atoms with E-state index in [1.54, 1.807) is 48.5 Å². The van der Waals surface area contributed by atoms with Gasteiger partial charge in [-0.1, -0.05) is 36.4 Å². The zero-order valence-corrected chi connectivity index (χ0v) is 19.4. The maximum absolute atomic E-state index is 13.4. The molecule has 0 bridgehead atoms. The maximum Gasteiger partial charge on any atom is 0.261 e. The number of hydrogen-bond donors (Lipinski definition) is 3. The molecule has 4 rings (SSSR count). The molecule has 8 heteroatoms. The number of thiophene rings is 1. The van der Waals surface area contributed by atoms with Gasteiger partial charge >= 0.3 is 0 Å². The Balaban J connectivity index is 1.29. The molecule has 0 aliphatic heterocycles. The summed E-state index contributed by atoms with van der Waals surface area (Å²) in [6.07, 6.45) is 0. The highest BCUT2D eigenvalue weighted by molar-refractivity contribution is 7.12. The summed E-state index contributed by atoms with van der Waals surface area (Å²) in [4.78, 5) is 37.6. The van der Waals surface area contributed by atoms with Crippen molar-refractivity contribution in [3.8, 4) is 0 Å². The number of hydrogen-bond acceptors (Lipinski definition) is 4. The third-order valence-corrected chi connectivity index (χ3v) is 6.01. The Morgan fingerprint density at radius 3 is 2.17 bits per heavy atom. The summed E-state index contributed by atoms with van der Waals surface area (Å²) in [5.41, 5.74) is 2.93. The van der Waals surface area contributed by atoms with E-state index < -0.39 is 11.7 Å². The van der Waals surface area contributed by atoms with E-state index in [4.69, 9.17) is 0 Å². The molecule has 3 aromatic carbocycles. The van der Waals surface area contributed by atoms with Crippen LogP contribution in [-0.2, 0) is 13.1 Å². The average Bonchev–Trinajstić information content (AvgIpc) is 3.42. The summed E-state index contributed by atoms with van der Waals surface area (Å²) in [5, 5.41) is 10.3. The summed E-state index contributed by atoms with van der Waals surface area (Å²) in [6.45, 7) is 0.633. The van der Waals surface area contributed by atoms with Gasteiger partial charge in [-0.3, -0.25) is 14.4 Å². The molecule has 1 aromatic heterocycles. The van der Waals surface area contributed by atoms with E-state index in [0.717, 1.165) is 11.1 Å². The van der Waals surface area contributed by atoms with Crippen LogP contribution in [0.4, 0.5) is 10.1 Å². The quantitative estimate of drug-likeness (QED) is 0.327. The summed E-state index contributed by atoms with van der Waals surface area (Å²) < 4.78 is 13.4. The van der Waals surface area contributed by atoms with Crippen LogP contribution in [0.3, 0.4) is 0 Å². The predicted molar refractivity (Wildman–Crippen MR) is 134 cm³/mol. The zero-order chi connectivity index (χ0) is 24.6. The molecule has 0 saturated heterocycles. The van der Waals surface area contributed by atoms with Crippen LogP contribution in [-0.4, -0.2) is 17.7 Å². The number of anilines is 1. The first-order valence-corrected chi connectivity index (χ1v) is 11.7. The SMILES string of the molecule is O=C(NCc1cccc(NC(=O)c2cccc(F)c2)c1)c1ccc(CNC(=O)c2cccs2)cc1. The molecule has 4 aromatic rings. The first-order valence-electron chi connectivity index (χ1n) is 10.8. The van der Waals surface area contributed by atoms with Crippen molar-refractivity contribution in [3.63, 3.8) is 0 Å². The molecule has 0 atom stereocenters. The molecule has 3 amide bonds. The van der Waals surface area contributed by atoms with Crippen molar-refractivity contribution in [1.82, 2.24) is 10.6 Å². The van der Waals surface area contributed by atoms with Gasteiger partial charge in [-0.15, -0.1) is 11.3 Å². The molecular weight excluding hydrogens is 465 g/mol. The molecule has 35 heavy (non-hydrogen) atoms. The van der Waals surface area contributed by atoms with Gasteiger partial charge in [0.2, 0.25) is 0 Å². The van der Waals surface area contributed by atoms with Gasteiger partial charge < -0.3 is 16.0 Å². The van der Waals surface area contributed by atoms with Gasteiger partial charge in [0.1, 0.15) is 5.82 Å². The topological polar surface area (TPSA) is 87.3 Å². The number of nitrogens with one attached hydrogen (secondary N) is 3. The van der Waals surface area contributed by atoms with E-state index in [0.29, 0.717) is 22.7 Å². The highest BCUT2D eigenvalue weighted by Crippen LogP contribution is 2.14. The minimum atomic E-state index is -0.481. The Morgan fingerprint density at radius 2 is 1.43 bits per heavy atom. The molecule has 0 fully saturated rings. The fourth-order valence-corrected chi connectivity index (χ4v) is 3.97. The molecule has 3 N–H and O–H groups in total.